The highest BCUT2D eigenvalue weighted by Gasteiger charge is 2.28. The van der Waals surface area contributed by atoms with Crippen molar-refractivity contribution in [3.8, 4) is 0 Å². The first-order valence-electron chi connectivity index (χ1n) is 9.21. The zero-order chi connectivity index (χ0) is 25.8. The normalized spacial score (nSPS) is 13.9. The molecular formula is C18H18ClFN2O10S2. The Hall–Kier alpha value is -2.72. The Morgan fingerprint density at radius 1 is 0.912 bits per heavy atom. The molecule has 0 fully saturated rings. The topological polar surface area (TPSA) is 173 Å². The average molecular weight is 541 g/mol. The second-order valence-electron chi connectivity index (χ2n) is 7.09. The van der Waals surface area contributed by atoms with Crippen molar-refractivity contribution in [3.05, 3.63) is 78.6 Å². The summed E-state index contributed by atoms with van der Waals surface area (Å²) in [4.78, 5) is 20.5. The Kier molecular flexibility index (Phi) is 8.65. The van der Waals surface area contributed by atoms with Gasteiger partial charge in [0.1, 0.15) is 23.0 Å². The molecule has 16 heteroatoms. The zero-order valence-electron chi connectivity index (χ0n) is 17.6. The molecule has 2 aromatic rings. The zero-order valence-corrected chi connectivity index (χ0v) is 20.0. The van der Waals surface area contributed by atoms with Crippen LogP contribution in [-0.2, 0) is 28.6 Å². The summed E-state index contributed by atoms with van der Waals surface area (Å²) < 4.78 is 71.5. The third-order valence-electron chi connectivity index (χ3n) is 4.36. The van der Waals surface area contributed by atoms with Crippen LogP contribution >= 0.6 is 11.6 Å². The third kappa shape index (κ3) is 7.95. The number of hydrogen-bond acceptors (Lipinski definition) is 10. The molecule has 0 spiro atoms. The summed E-state index contributed by atoms with van der Waals surface area (Å²) >= 11 is 5.67. The predicted molar refractivity (Wildman–Crippen MR) is 118 cm³/mol. The SMILES string of the molecule is CS(=O)(=O)O[C@@H](CC[C@H](OS(C)(=O)=O)c1cc([N+](=O)[O-])c(Cl)cc1F)c1ccc([N+](=O)[O-])cc1. The number of nitro groups is 2. The smallest absolute Gasteiger partial charge is 0.262 e. The summed E-state index contributed by atoms with van der Waals surface area (Å²) in [5.74, 6) is -1.08. The van der Waals surface area contributed by atoms with E-state index in [-0.39, 0.29) is 24.1 Å². The van der Waals surface area contributed by atoms with E-state index >= 15 is 0 Å². The fraction of sp³-hybridized carbons (Fsp3) is 0.333. The Morgan fingerprint density at radius 3 is 1.88 bits per heavy atom. The minimum absolute atomic E-state index is 0.191. The average Bonchev–Trinajstić information content (AvgIpc) is 2.68. The molecule has 12 nitrogen and oxygen atoms in total. The summed E-state index contributed by atoms with van der Waals surface area (Å²) in [5.41, 5.74) is -1.27. The van der Waals surface area contributed by atoms with E-state index in [0.717, 1.165) is 24.5 Å². The van der Waals surface area contributed by atoms with Gasteiger partial charge in [-0.15, -0.1) is 0 Å². The molecule has 0 unspecified atom stereocenters. The van der Waals surface area contributed by atoms with Gasteiger partial charge in [0, 0.05) is 23.8 Å². The lowest BCUT2D eigenvalue weighted by atomic mass is 9.98. The molecule has 0 bridgehead atoms. The first kappa shape index (κ1) is 27.5. The third-order valence-corrected chi connectivity index (χ3v) is 5.82. The fourth-order valence-corrected chi connectivity index (χ4v) is 4.47. The maximum Gasteiger partial charge on any atom is 0.288 e. The highest BCUT2D eigenvalue weighted by Crippen LogP contribution is 2.37. The molecule has 2 aromatic carbocycles. The summed E-state index contributed by atoms with van der Waals surface area (Å²) in [6.45, 7) is 0. The summed E-state index contributed by atoms with van der Waals surface area (Å²) in [7, 11) is -8.25. The van der Waals surface area contributed by atoms with Gasteiger partial charge in [0.2, 0.25) is 0 Å². The lowest BCUT2D eigenvalue weighted by Gasteiger charge is -2.21. The first-order chi connectivity index (χ1) is 15.6. The number of hydrogen-bond donors (Lipinski definition) is 0. The van der Waals surface area contributed by atoms with Gasteiger partial charge in [-0.3, -0.25) is 28.6 Å². The minimum atomic E-state index is -4.20. The van der Waals surface area contributed by atoms with Crippen LogP contribution in [0.4, 0.5) is 15.8 Å². The van der Waals surface area contributed by atoms with Crippen LogP contribution in [0.2, 0.25) is 5.02 Å². The number of rotatable bonds is 11. The second kappa shape index (κ2) is 10.7. The maximum atomic E-state index is 14.6. The quantitative estimate of drug-likeness (QED) is 0.231. The molecule has 0 aliphatic heterocycles. The van der Waals surface area contributed by atoms with Crippen molar-refractivity contribution in [2.75, 3.05) is 12.5 Å². The van der Waals surface area contributed by atoms with E-state index in [1.54, 1.807) is 0 Å². The van der Waals surface area contributed by atoms with E-state index in [1.165, 1.54) is 12.1 Å². The van der Waals surface area contributed by atoms with Gasteiger partial charge >= 0.3 is 0 Å². The molecule has 0 aliphatic carbocycles. The maximum absolute atomic E-state index is 14.6. The molecule has 0 saturated heterocycles. The number of non-ortho nitro benzene ring substituents is 1. The molecule has 0 saturated carbocycles. The molecule has 186 valence electrons. The van der Waals surface area contributed by atoms with Crippen molar-refractivity contribution in [1.29, 1.82) is 0 Å². The first-order valence-corrected chi connectivity index (χ1v) is 13.2. The summed E-state index contributed by atoms with van der Waals surface area (Å²) in [6, 6.07) is 6.07. The van der Waals surface area contributed by atoms with Crippen LogP contribution in [-0.4, -0.2) is 39.2 Å². The molecule has 0 heterocycles. The summed E-state index contributed by atoms with van der Waals surface area (Å²) in [5, 5.41) is 21.5. The van der Waals surface area contributed by atoms with Crippen molar-refractivity contribution in [2.45, 2.75) is 25.0 Å². The van der Waals surface area contributed by atoms with Crippen LogP contribution < -0.4 is 0 Å². The van der Waals surface area contributed by atoms with Crippen molar-refractivity contribution in [1.82, 2.24) is 0 Å². The molecule has 0 amide bonds. The molecule has 0 N–H and O–H groups in total. The van der Waals surface area contributed by atoms with Crippen LogP contribution in [0.25, 0.3) is 0 Å². The lowest BCUT2D eigenvalue weighted by molar-refractivity contribution is -0.385. The largest absolute Gasteiger partial charge is 0.288 e. The van der Waals surface area contributed by atoms with Crippen LogP contribution in [0.5, 0.6) is 0 Å². The van der Waals surface area contributed by atoms with Gasteiger partial charge in [-0.05, 0) is 36.6 Å². The second-order valence-corrected chi connectivity index (χ2v) is 10.7. The van der Waals surface area contributed by atoms with Gasteiger partial charge in [0.15, 0.2) is 0 Å². The number of nitrogens with zero attached hydrogens (tertiary/aromatic N) is 2. The van der Waals surface area contributed by atoms with Gasteiger partial charge in [-0.25, -0.2) is 4.39 Å². The minimum Gasteiger partial charge on any atom is -0.262 e. The van der Waals surface area contributed by atoms with Crippen molar-refractivity contribution in [3.63, 3.8) is 0 Å². The van der Waals surface area contributed by atoms with Crippen LogP contribution in [0.15, 0.2) is 36.4 Å². The standard InChI is InChI=1S/C18H18ClFN2O10S2/c1-33(27,28)31-17(11-3-5-12(6-4-11)21(23)24)7-8-18(32-34(2,29)30)13-9-16(22(25)26)14(19)10-15(13)20/h3-6,9-10,17-18H,7-8H2,1-2H3/t17-,18-/m0/s1. The highest BCUT2D eigenvalue weighted by molar-refractivity contribution is 7.86. The van der Waals surface area contributed by atoms with E-state index in [2.05, 4.69) is 0 Å². The number of halogens is 2. The molecule has 2 atom stereocenters. The van der Waals surface area contributed by atoms with Crippen molar-refractivity contribution < 1.29 is 39.4 Å². The number of benzene rings is 2. The highest BCUT2D eigenvalue weighted by atomic mass is 35.5. The Labute approximate surface area is 198 Å². The Bertz CT molecular complexity index is 1300. The van der Waals surface area contributed by atoms with Gasteiger partial charge in [0.05, 0.1) is 22.4 Å². The number of nitro benzene ring substituents is 2. The van der Waals surface area contributed by atoms with E-state index in [4.69, 9.17) is 20.0 Å². The molecule has 0 radical (unpaired) electrons. The predicted octanol–water partition coefficient (Wildman–Crippen LogP) is 3.81. The van der Waals surface area contributed by atoms with Gasteiger partial charge in [0.25, 0.3) is 31.6 Å². The van der Waals surface area contributed by atoms with E-state index < -0.39 is 64.4 Å². The Morgan fingerprint density at radius 2 is 1.41 bits per heavy atom. The van der Waals surface area contributed by atoms with Crippen LogP contribution in [0, 0.1) is 26.0 Å². The van der Waals surface area contributed by atoms with E-state index in [9.17, 15) is 41.5 Å². The Balaban J connectivity index is 2.45. The van der Waals surface area contributed by atoms with Gasteiger partial charge in [-0.1, -0.05) is 11.6 Å². The van der Waals surface area contributed by atoms with Gasteiger partial charge in [-0.2, -0.15) is 16.8 Å². The van der Waals surface area contributed by atoms with E-state index in [0.29, 0.717) is 12.3 Å². The van der Waals surface area contributed by atoms with E-state index in [1.807, 2.05) is 0 Å². The fourth-order valence-electron chi connectivity index (χ4n) is 3.00. The molecule has 34 heavy (non-hydrogen) atoms. The van der Waals surface area contributed by atoms with Crippen LogP contribution in [0.3, 0.4) is 0 Å². The van der Waals surface area contributed by atoms with Gasteiger partial charge < -0.3 is 0 Å². The van der Waals surface area contributed by atoms with Crippen molar-refractivity contribution in [2.24, 2.45) is 0 Å². The lowest BCUT2D eigenvalue weighted by Crippen LogP contribution is -2.16. The molecule has 0 aliphatic rings. The molecule has 2 rings (SSSR count). The van der Waals surface area contributed by atoms with Crippen LogP contribution in [0.1, 0.15) is 36.2 Å². The van der Waals surface area contributed by atoms with Crippen molar-refractivity contribution >= 4 is 43.2 Å². The summed E-state index contributed by atoms with van der Waals surface area (Å²) in [6.07, 6.45) is -2.07. The monoisotopic (exact) mass is 540 g/mol. The molecule has 0 aromatic heterocycles. The molecular weight excluding hydrogens is 523 g/mol.